The summed E-state index contributed by atoms with van der Waals surface area (Å²) in [6, 6.07) is 14.1. The van der Waals surface area contributed by atoms with Gasteiger partial charge in [0.15, 0.2) is 5.78 Å². The SMILES string of the molecule is COc1ccc(-c2ccc3c(c2)C(=O)CCC3)cc1. The molecule has 0 atom stereocenters. The molecule has 0 bridgehead atoms. The highest BCUT2D eigenvalue weighted by atomic mass is 16.5. The van der Waals surface area contributed by atoms with Crippen LogP contribution in [0.1, 0.15) is 28.8 Å². The zero-order valence-corrected chi connectivity index (χ0v) is 11.0. The Hall–Kier alpha value is -2.09. The molecule has 2 aromatic carbocycles. The number of ketones is 1. The van der Waals surface area contributed by atoms with Crippen LogP contribution in [-0.4, -0.2) is 12.9 Å². The van der Waals surface area contributed by atoms with E-state index >= 15 is 0 Å². The zero-order valence-electron chi connectivity index (χ0n) is 11.0. The van der Waals surface area contributed by atoms with Crippen LogP contribution in [0.15, 0.2) is 42.5 Å². The van der Waals surface area contributed by atoms with Crippen LogP contribution in [0.25, 0.3) is 11.1 Å². The summed E-state index contributed by atoms with van der Waals surface area (Å²) in [4.78, 5) is 11.9. The average Bonchev–Trinajstić information content (AvgIpc) is 2.47. The second-order valence-corrected chi connectivity index (χ2v) is 4.88. The fourth-order valence-corrected chi connectivity index (χ4v) is 2.59. The van der Waals surface area contributed by atoms with Crippen LogP contribution in [0.3, 0.4) is 0 Å². The van der Waals surface area contributed by atoms with E-state index in [0.29, 0.717) is 6.42 Å². The summed E-state index contributed by atoms with van der Waals surface area (Å²) in [7, 11) is 1.66. The molecule has 1 aliphatic carbocycles. The number of rotatable bonds is 2. The van der Waals surface area contributed by atoms with Gasteiger partial charge in [-0.25, -0.2) is 0 Å². The lowest BCUT2D eigenvalue weighted by atomic mass is 9.88. The molecular formula is C17H16O2. The van der Waals surface area contributed by atoms with Crippen molar-refractivity contribution in [2.24, 2.45) is 0 Å². The number of carbonyl (C=O) groups is 1. The molecule has 3 rings (SSSR count). The molecule has 0 aromatic heterocycles. The molecule has 19 heavy (non-hydrogen) atoms. The molecule has 2 heteroatoms. The second-order valence-electron chi connectivity index (χ2n) is 4.88. The maximum Gasteiger partial charge on any atom is 0.163 e. The molecule has 96 valence electrons. The number of hydrogen-bond donors (Lipinski definition) is 0. The van der Waals surface area contributed by atoms with Gasteiger partial charge in [0.25, 0.3) is 0 Å². The summed E-state index contributed by atoms with van der Waals surface area (Å²) < 4.78 is 5.16. The minimum absolute atomic E-state index is 0.275. The zero-order chi connectivity index (χ0) is 13.2. The number of benzene rings is 2. The van der Waals surface area contributed by atoms with Gasteiger partial charge in [-0.2, -0.15) is 0 Å². The van der Waals surface area contributed by atoms with E-state index in [9.17, 15) is 4.79 Å². The van der Waals surface area contributed by atoms with Gasteiger partial charge in [-0.15, -0.1) is 0 Å². The van der Waals surface area contributed by atoms with E-state index in [-0.39, 0.29) is 5.78 Å². The average molecular weight is 252 g/mol. The van der Waals surface area contributed by atoms with Gasteiger partial charge in [-0.3, -0.25) is 4.79 Å². The van der Waals surface area contributed by atoms with Crippen LogP contribution in [0.4, 0.5) is 0 Å². The van der Waals surface area contributed by atoms with Crippen molar-refractivity contribution in [1.29, 1.82) is 0 Å². The minimum atomic E-state index is 0.275. The Balaban J connectivity index is 2.01. The molecule has 0 fully saturated rings. The highest BCUT2D eigenvalue weighted by Crippen LogP contribution is 2.28. The van der Waals surface area contributed by atoms with Crippen molar-refractivity contribution in [3.8, 4) is 16.9 Å². The smallest absolute Gasteiger partial charge is 0.163 e. The van der Waals surface area contributed by atoms with Gasteiger partial charge in [0.2, 0.25) is 0 Å². The van der Waals surface area contributed by atoms with E-state index < -0.39 is 0 Å². The molecular weight excluding hydrogens is 236 g/mol. The molecule has 2 nitrogen and oxygen atoms in total. The number of ether oxygens (including phenoxy) is 1. The first kappa shape index (κ1) is 12.0. The lowest BCUT2D eigenvalue weighted by molar-refractivity contribution is 0.0972. The fraction of sp³-hybridized carbons (Fsp3) is 0.235. The van der Waals surface area contributed by atoms with Gasteiger partial charge in [-0.1, -0.05) is 24.3 Å². The maximum absolute atomic E-state index is 11.9. The first-order chi connectivity index (χ1) is 9.28. The number of aryl methyl sites for hydroxylation is 1. The first-order valence-corrected chi connectivity index (χ1v) is 6.58. The summed E-state index contributed by atoms with van der Waals surface area (Å²) in [5.41, 5.74) is 4.30. The monoisotopic (exact) mass is 252 g/mol. The van der Waals surface area contributed by atoms with Gasteiger partial charge in [0.05, 0.1) is 7.11 Å². The summed E-state index contributed by atoms with van der Waals surface area (Å²) in [6.07, 6.45) is 2.68. The molecule has 2 aromatic rings. The van der Waals surface area contributed by atoms with E-state index in [1.807, 2.05) is 30.3 Å². The minimum Gasteiger partial charge on any atom is -0.497 e. The number of carbonyl (C=O) groups excluding carboxylic acids is 1. The van der Waals surface area contributed by atoms with E-state index in [1.165, 1.54) is 5.56 Å². The Bertz CT molecular complexity index is 612. The highest BCUT2D eigenvalue weighted by molar-refractivity contribution is 5.99. The largest absolute Gasteiger partial charge is 0.497 e. The molecule has 0 saturated carbocycles. The fourth-order valence-electron chi connectivity index (χ4n) is 2.59. The van der Waals surface area contributed by atoms with Crippen molar-refractivity contribution < 1.29 is 9.53 Å². The Morgan fingerprint density at radius 2 is 1.68 bits per heavy atom. The molecule has 0 unspecified atom stereocenters. The highest BCUT2D eigenvalue weighted by Gasteiger charge is 2.17. The number of methoxy groups -OCH3 is 1. The number of hydrogen-bond acceptors (Lipinski definition) is 2. The van der Waals surface area contributed by atoms with Crippen LogP contribution >= 0.6 is 0 Å². The van der Waals surface area contributed by atoms with Crippen LogP contribution < -0.4 is 4.74 Å². The summed E-state index contributed by atoms with van der Waals surface area (Å²) in [5, 5.41) is 0. The lowest BCUT2D eigenvalue weighted by Gasteiger charge is -2.15. The Morgan fingerprint density at radius 1 is 0.947 bits per heavy atom. The van der Waals surface area contributed by atoms with Crippen molar-refractivity contribution in [2.45, 2.75) is 19.3 Å². The van der Waals surface area contributed by atoms with Gasteiger partial charge in [0.1, 0.15) is 5.75 Å². The molecule has 0 aliphatic heterocycles. The molecule has 0 heterocycles. The molecule has 1 aliphatic rings. The second kappa shape index (κ2) is 4.88. The third kappa shape index (κ3) is 2.26. The van der Waals surface area contributed by atoms with E-state index in [2.05, 4.69) is 12.1 Å². The van der Waals surface area contributed by atoms with E-state index in [0.717, 1.165) is 35.3 Å². The van der Waals surface area contributed by atoms with Gasteiger partial charge in [0, 0.05) is 12.0 Å². The quantitative estimate of drug-likeness (QED) is 0.810. The molecule has 0 N–H and O–H groups in total. The van der Waals surface area contributed by atoms with Crippen LogP contribution in [0.2, 0.25) is 0 Å². The van der Waals surface area contributed by atoms with E-state index in [1.54, 1.807) is 7.11 Å². The summed E-state index contributed by atoms with van der Waals surface area (Å²) in [5.74, 6) is 1.12. The van der Waals surface area contributed by atoms with Crippen LogP contribution in [0, 0.1) is 0 Å². The number of fused-ring (bicyclic) bond motifs is 1. The first-order valence-electron chi connectivity index (χ1n) is 6.58. The van der Waals surface area contributed by atoms with Crippen LogP contribution in [-0.2, 0) is 6.42 Å². The Morgan fingerprint density at radius 3 is 2.42 bits per heavy atom. The van der Waals surface area contributed by atoms with Crippen molar-refractivity contribution in [1.82, 2.24) is 0 Å². The van der Waals surface area contributed by atoms with Gasteiger partial charge >= 0.3 is 0 Å². The van der Waals surface area contributed by atoms with Crippen molar-refractivity contribution in [2.75, 3.05) is 7.11 Å². The number of Topliss-reactive ketones (excluding diaryl/α,β-unsaturated/α-hetero) is 1. The molecule has 0 amide bonds. The van der Waals surface area contributed by atoms with Gasteiger partial charge < -0.3 is 4.74 Å². The van der Waals surface area contributed by atoms with Crippen molar-refractivity contribution >= 4 is 5.78 Å². The lowest BCUT2D eigenvalue weighted by Crippen LogP contribution is -2.10. The Kier molecular flexibility index (Phi) is 3.08. The van der Waals surface area contributed by atoms with Crippen molar-refractivity contribution in [3.63, 3.8) is 0 Å². The third-order valence-electron chi connectivity index (χ3n) is 3.68. The molecule has 0 radical (unpaired) electrons. The summed E-state index contributed by atoms with van der Waals surface area (Å²) in [6.45, 7) is 0. The summed E-state index contributed by atoms with van der Waals surface area (Å²) >= 11 is 0. The predicted octanol–water partition coefficient (Wildman–Crippen LogP) is 3.88. The topological polar surface area (TPSA) is 26.3 Å². The standard InChI is InChI=1S/C17H16O2/c1-19-15-9-7-12(8-10-15)14-6-5-13-3-2-4-17(18)16(13)11-14/h5-11H,2-4H2,1H3. The molecule has 0 spiro atoms. The van der Waals surface area contributed by atoms with Crippen LogP contribution in [0.5, 0.6) is 5.75 Å². The molecule has 0 saturated heterocycles. The third-order valence-corrected chi connectivity index (χ3v) is 3.68. The van der Waals surface area contributed by atoms with Gasteiger partial charge in [-0.05, 0) is 47.7 Å². The Labute approximate surface area is 113 Å². The predicted molar refractivity (Wildman–Crippen MR) is 75.7 cm³/mol. The van der Waals surface area contributed by atoms with E-state index in [4.69, 9.17) is 4.74 Å². The van der Waals surface area contributed by atoms with Crippen molar-refractivity contribution in [3.05, 3.63) is 53.6 Å². The maximum atomic E-state index is 11.9. The normalized spacial score (nSPS) is 14.1.